The van der Waals surface area contributed by atoms with Crippen molar-refractivity contribution < 1.29 is 4.79 Å². The Hall–Kier alpha value is -0.570. The van der Waals surface area contributed by atoms with Crippen LogP contribution in [0.1, 0.15) is 25.7 Å². The first kappa shape index (κ1) is 7.54. The summed E-state index contributed by atoms with van der Waals surface area (Å²) in [4.78, 5) is 10.6. The fourth-order valence-corrected chi connectivity index (χ4v) is 1.49. The molecule has 0 unspecified atom stereocenters. The first-order valence-electron chi connectivity index (χ1n) is 3.73. The normalized spacial score (nSPS) is 33.7. The van der Waals surface area contributed by atoms with Gasteiger partial charge in [-0.15, -0.1) is 0 Å². The van der Waals surface area contributed by atoms with Crippen molar-refractivity contribution in [2.45, 2.75) is 31.7 Å². The smallest absolute Gasteiger partial charge is 0.243 e. The molecule has 1 fully saturated rings. The molecule has 0 bridgehead atoms. The summed E-state index contributed by atoms with van der Waals surface area (Å²) in [6.07, 6.45) is 3.91. The van der Waals surface area contributed by atoms with Gasteiger partial charge in [0.15, 0.2) is 0 Å². The molecule has 2 atom stereocenters. The van der Waals surface area contributed by atoms with Crippen LogP contribution in [0, 0.1) is 5.92 Å². The first-order valence-corrected chi connectivity index (χ1v) is 3.73. The van der Waals surface area contributed by atoms with Gasteiger partial charge in [0.2, 0.25) is 5.91 Å². The van der Waals surface area contributed by atoms with E-state index in [-0.39, 0.29) is 12.0 Å². The molecule has 0 saturated heterocycles. The monoisotopic (exact) mass is 141 g/mol. The Morgan fingerprint density at radius 2 is 2.00 bits per heavy atom. The van der Waals surface area contributed by atoms with E-state index in [0.717, 1.165) is 25.7 Å². The third-order valence-corrected chi connectivity index (χ3v) is 2.16. The van der Waals surface area contributed by atoms with Crippen molar-refractivity contribution in [2.75, 3.05) is 0 Å². The van der Waals surface area contributed by atoms with E-state index in [9.17, 15) is 4.79 Å². The minimum absolute atomic E-state index is 0.0428. The Morgan fingerprint density at radius 3 is 2.40 bits per heavy atom. The molecule has 0 aromatic heterocycles. The van der Waals surface area contributed by atoms with Crippen molar-refractivity contribution in [3.05, 3.63) is 0 Å². The summed E-state index contributed by atoms with van der Waals surface area (Å²) in [5, 5.41) is 0. The van der Waals surface area contributed by atoms with Gasteiger partial charge in [0.1, 0.15) is 0 Å². The van der Waals surface area contributed by atoms with Crippen molar-refractivity contribution >= 4 is 5.91 Å². The lowest BCUT2D eigenvalue weighted by molar-refractivity contribution is -0.123. The Labute approximate surface area is 60.8 Å². The zero-order valence-electron chi connectivity index (χ0n) is 5.97. The molecule has 1 aliphatic carbocycles. The highest BCUT2D eigenvalue weighted by atomic mass is 16.1. The van der Waals surface area contributed by atoms with E-state index in [1.54, 1.807) is 0 Å². The van der Waals surface area contributed by atoms with Gasteiger partial charge in [0.25, 0.3) is 0 Å². The van der Waals surface area contributed by atoms with E-state index in [1.807, 2.05) is 0 Å². The standard InChI is InChI=1S/C7H13N2O/c8-6-4-2-1-3-5(6)7(9)10/h5-6,9H,1-4,8H2/t5-,6+/m1/s1. The number of amides is 1. The molecule has 1 amide bonds. The van der Waals surface area contributed by atoms with E-state index < -0.39 is 5.91 Å². The summed E-state index contributed by atoms with van der Waals surface area (Å²) < 4.78 is 0. The lowest BCUT2D eigenvalue weighted by Gasteiger charge is -2.24. The molecule has 0 heterocycles. The minimum Gasteiger partial charge on any atom is -0.327 e. The maximum absolute atomic E-state index is 10.6. The second-order valence-corrected chi connectivity index (χ2v) is 2.92. The van der Waals surface area contributed by atoms with Crippen molar-refractivity contribution in [3.8, 4) is 0 Å². The Morgan fingerprint density at radius 1 is 1.40 bits per heavy atom. The van der Waals surface area contributed by atoms with Crippen molar-refractivity contribution in [3.63, 3.8) is 0 Å². The minimum atomic E-state index is -0.479. The van der Waals surface area contributed by atoms with Crippen molar-refractivity contribution in [2.24, 2.45) is 11.7 Å². The van der Waals surface area contributed by atoms with Crippen LogP contribution in [0.15, 0.2) is 0 Å². The summed E-state index contributed by atoms with van der Waals surface area (Å²) in [5.41, 5.74) is 12.5. The van der Waals surface area contributed by atoms with Gasteiger partial charge in [-0.25, -0.2) is 0 Å². The van der Waals surface area contributed by atoms with Gasteiger partial charge in [-0.05, 0) is 12.8 Å². The topological polar surface area (TPSA) is 66.9 Å². The molecule has 1 aliphatic rings. The van der Waals surface area contributed by atoms with Crippen molar-refractivity contribution in [1.29, 1.82) is 0 Å². The SMILES string of the molecule is [NH]C(=O)[C@@H]1CCCC[C@@H]1N. The van der Waals surface area contributed by atoms with E-state index in [0.29, 0.717) is 0 Å². The number of carbonyl (C=O) groups excluding carboxylic acids is 1. The highest BCUT2D eigenvalue weighted by molar-refractivity contribution is 5.76. The van der Waals surface area contributed by atoms with Crippen LogP contribution in [0.2, 0.25) is 0 Å². The van der Waals surface area contributed by atoms with E-state index in [1.165, 1.54) is 0 Å². The van der Waals surface area contributed by atoms with Gasteiger partial charge in [0, 0.05) is 6.04 Å². The molecule has 0 aromatic carbocycles. The lowest BCUT2D eigenvalue weighted by atomic mass is 9.85. The highest BCUT2D eigenvalue weighted by Gasteiger charge is 2.26. The molecule has 0 aliphatic heterocycles. The van der Waals surface area contributed by atoms with E-state index in [4.69, 9.17) is 11.5 Å². The quantitative estimate of drug-likeness (QED) is 0.571. The summed E-state index contributed by atoms with van der Waals surface area (Å²) in [6.45, 7) is 0. The van der Waals surface area contributed by atoms with E-state index >= 15 is 0 Å². The third-order valence-electron chi connectivity index (χ3n) is 2.16. The molecule has 1 saturated carbocycles. The number of nitrogens with one attached hydrogen (secondary N) is 1. The molecule has 3 heteroatoms. The lowest BCUT2D eigenvalue weighted by Crippen LogP contribution is -2.38. The van der Waals surface area contributed by atoms with Gasteiger partial charge >= 0.3 is 0 Å². The van der Waals surface area contributed by atoms with E-state index in [2.05, 4.69) is 0 Å². The second kappa shape index (κ2) is 3.01. The fourth-order valence-electron chi connectivity index (χ4n) is 1.49. The predicted molar refractivity (Wildman–Crippen MR) is 38.0 cm³/mol. The van der Waals surface area contributed by atoms with Crippen LogP contribution in [-0.2, 0) is 4.79 Å². The zero-order valence-corrected chi connectivity index (χ0v) is 5.97. The number of carbonyl (C=O) groups is 1. The molecule has 10 heavy (non-hydrogen) atoms. The van der Waals surface area contributed by atoms with Crippen molar-refractivity contribution in [1.82, 2.24) is 5.73 Å². The summed E-state index contributed by atoms with van der Waals surface area (Å²) >= 11 is 0. The molecule has 1 rings (SSSR count). The summed E-state index contributed by atoms with van der Waals surface area (Å²) in [5.74, 6) is -0.652. The largest absolute Gasteiger partial charge is 0.327 e. The number of hydrogen-bond acceptors (Lipinski definition) is 2. The van der Waals surface area contributed by atoms with Gasteiger partial charge in [-0.3, -0.25) is 10.5 Å². The van der Waals surface area contributed by atoms with Crippen LogP contribution >= 0.6 is 0 Å². The maximum atomic E-state index is 10.6. The average molecular weight is 141 g/mol. The third kappa shape index (κ3) is 1.48. The van der Waals surface area contributed by atoms with Crippen LogP contribution in [-0.4, -0.2) is 11.9 Å². The number of rotatable bonds is 1. The molecule has 57 valence electrons. The number of nitrogens with two attached hydrogens (primary N) is 1. The van der Waals surface area contributed by atoms with Crippen LogP contribution in [0.4, 0.5) is 0 Å². The Kier molecular flexibility index (Phi) is 2.27. The predicted octanol–water partition coefficient (Wildman–Crippen LogP) is 0.313. The fraction of sp³-hybridized carbons (Fsp3) is 0.857. The first-order chi connectivity index (χ1) is 4.72. The van der Waals surface area contributed by atoms with Crippen LogP contribution < -0.4 is 11.5 Å². The second-order valence-electron chi connectivity index (χ2n) is 2.92. The van der Waals surface area contributed by atoms with Crippen LogP contribution in [0.5, 0.6) is 0 Å². The molecular weight excluding hydrogens is 128 g/mol. The van der Waals surface area contributed by atoms with Crippen LogP contribution in [0.3, 0.4) is 0 Å². The molecule has 1 radical (unpaired) electrons. The molecule has 3 nitrogen and oxygen atoms in total. The van der Waals surface area contributed by atoms with Crippen LogP contribution in [0.25, 0.3) is 0 Å². The van der Waals surface area contributed by atoms with Gasteiger partial charge in [-0.1, -0.05) is 12.8 Å². The average Bonchev–Trinajstić information content (AvgIpc) is 1.88. The highest BCUT2D eigenvalue weighted by Crippen LogP contribution is 2.22. The number of hydrogen-bond donors (Lipinski definition) is 1. The molecule has 0 spiro atoms. The summed E-state index contributed by atoms with van der Waals surface area (Å²) in [7, 11) is 0. The Bertz CT molecular complexity index is 136. The molecule has 3 N–H and O–H groups in total. The summed E-state index contributed by atoms with van der Waals surface area (Å²) in [6, 6.07) is -0.0428. The molecular formula is C7H13N2O. The van der Waals surface area contributed by atoms with Gasteiger partial charge in [0.05, 0.1) is 5.92 Å². The zero-order chi connectivity index (χ0) is 7.56. The molecule has 0 aromatic rings. The van der Waals surface area contributed by atoms with Gasteiger partial charge < -0.3 is 5.73 Å². The maximum Gasteiger partial charge on any atom is 0.243 e. The van der Waals surface area contributed by atoms with Gasteiger partial charge in [-0.2, -0.15) is 0 Å². The Balaban J connectivity index is 2.47.